The first-order valence-corrected chi connectivity index (χ1v) is 13.1. The van der Waals surface area contributed by atoms with Gasteiger partial charge in [0.25, 0.3) is 0 Å². The highest BCUT2D eigenvalue weighted by Crippen LogP contribution is 2.30. The average Bonchev–Trinajstić information content (AvgIpc) is 3.37. The lowest BCUT2D eigenvalue weighted by molar-refractivity contribution is -0.140. The second-order valence-electron chi connectivity index (χ2n) is 9.90. The van der Waals surface area contributed by atoms with Crippen LogP contribution in [0, 0.1) is 12.7 Å². The highest BCUT2D eigenvalue weighted by Gasteiger charge is 2.42. The maximum atomic E-state index is 13.6. The fourth-order valence-corrected chi connectivity index (χ4v) is 4.80. The number of hydrogen-bond donors (Lipinski definition) is 2. The molecule has 206 valence electrons. The number of benzene rings is 2. The van der Waals surface area contributed by atoms with Crippen LogP contribution in [0.4, 0.5) is 4.39 Å². The lowest BCUT2D eigenvalue weighted by Crippen LogP contribution is -2.59. The third kappa shape index (κ3) is 6.83. The Morgan fingerprint density at radius 1 is 1.16 bits per heavy atom. The third-order valence-electron chi connectivity index (χ3n) is 7.01. The number of aliphatic hydroxyl groups is 2. The van der Waals surface area contributed by atoms with Gasteiger partial charge in [-0.05, 0) is 61.2 Å². The molecule has 4 rings (SSSR count). The molecule has 2 aromatic carbocycles. The Morgan fingerprint density at radius 2 is 2.00 bits per heavy atom. The molecule has 3 aromatic rings. The number of imidazole rings is 1. The Balaban J connectivity index is 1.32. The number of halogens is 1. The number of ether oxygens (including phenoxy) is 3. The van der Waals surface area contributed by atoms with Crippen molar-refractivity contribution < 1.29 is 28.8 Å². The molecule has 9 heteroatoms. The zero-order valence-electron chi connectivity index (χ0n) is 22.4. The Morgan fingerprint density at radius 3 is 2.76 bits per heavy atom. The summed E-state index contributed by atoms with van der Waals surface area (Å²) in [6, 6.07) is 10.3. The van der Waals surface area contributed by atoms with Gasteiger partial charge in [0, 0.05) is 45.0 Å². The molecule has 0 amide bonds. The van der Waals surface area contributed by atoms with Gasteiger partial charge in [0.05, 0.1) is 19.8 Å². The lowest BCUT2D eigenvalue weighted by atomic mass is 9.90. The number of methoxy groups -OCH3 is 1. The van der Waals surface area contributed by atoms with Gasteiger partial charge in [-0.25, -0.2) is 9.37 Å². The number of aromatic nitrogens is 2. The van der Waals surface area contributed by atoms with Crippen LogP contribution in [-0.4, -0.2) is 69.8 Å². The second kappa shape index (κ2) is 12.6. The molecule has 1 fully saturated rings. The van der Waals surface area contributed by atoms with E-state index >= 15 is 0 Å². The van der Waals surface area contributed by atoms with Crippen LogP contribution in [-0.2, 0) is 19.5 Å². The maximum absolute atomic E-state index is 13.6. The van der Waals surface area contributed by atoms with E-state index < -0.39 is 11.7 Å². The molecule has 0 spiro atoms. The number of aliphatic hydroxyl groups excluding tert-OH is 1. The molecule has 0 aliphatic carbocycles. The number of β-amino-alcohol motifs (C(OH)–C–C–N with tert-alkyl or cyclic N) is 1. The topological polar surface area (TPSA) is 89.2 Å². The quantitative estimate of drug-likeness (QED) is 0.347. The normalized spacial score (nSPS) is 19.9. The summed E-state index contributed by atoms with van der Waals surface area (Å²) in [6.07, 6.45) is 5.06. The predicted octanol–water partition coefficient (Wildman–Crippen LogP) is 3.75. The van der Waals surface area contributed by atoms with Gasteiger partial charge in [0.2, 0.25) is 0 Å². The number of aryl methyl sites for hydroxylation is 3. The largest absolute Gasteiger partial charge is 0.493 e. The van der Waals surface area contributed by atoms with Crippen LogP contribution < -0.4 is 14.2 Å². The molecule has 0 bridgehead atoms. The van der Waals surface area contributed by atoms with Crippen LogP contribution >= 0.6 is 0 Å². The summed E-state index contributed by atoms with van der Waals surface area (Å²) < 4.78 is 33.0. The third-order valence-corrected chi connectivity index (χ3v) is 7.01. The van der Waals surface area contributed by atoms with Crippen LogP contribution in [0.15, 0.2) is 48.8 Å². The van der Waals surface area contributed by atoms with Crippen molar-refractivity contribution in [3.8, 4) is 17.2 Å². The first kappa shape index (κ1) is 27.9. The molecular weight excluding hydrogens is 489 g/mol. The Hall–Kier alpha value is -3.14. The second-order valence-corrected chi connectivity index (χ2v) is 9.90. The molecule has 2 atom stereocenters. The molecule has 0 saturated carbocycles. The summed E-state index contributed by atoms with van der Waals surface area (Å²) in [6.45, 7) is 6.50. The summed E-state index contributed by atoms with van der Waals surface area (Å²) in [5.41, 5.74) is 0.0279. The molecule has 2 N–H and O–H groups in total. The van der Waals surface area contributed by atoms with E-state index in [0.29, 0.717) is 48.9 Å². The summed E-state index contributed by atoms with van der Waals surface area (Å²) in [5, 5.41) is 21.7. The lowest BCUT2D eigenvalue weighted by Gasteiger charge is -2.42. The zero-order chi connectivity index (χ0) is 27.1. The van der Waals surface area contributed by atoms with Gasteiger partial charge >= 0.3 is 0 Å². The molecular formula is C29H38FN3O5. The first-order valence-electron chi connectivity index (χ1n) is 13.1. The summed E-state index contributed by atoms with van der Waals surface area (Å²) in [5.74, 6) is 2.55. The minimum Gasteiger partial charge on any atom is -0.493 e. The van der Waals surface area contributed by atoms with E-state index in [1.165, 1.54) is 12.1 Å². The molecule has 8 nitrogen and oxygen atoms in total. The first-order chi connectivity index (χ1) is 18.3. The molecule has 1 aliphatic rings. The van der Waals surface area contributed by atoms with Crippen LogP contribution in [0.25, 0.3) is 0 Å². The van der Waals surface area contributed by atoms with E-state index in [0.717, 1.165) is 30.8 Å². The van der Waals surface area contributed by atoms with E-state index in [-0.39, 0.29) is 19.0 Å². The van der Waals surface area contributed by atoms with Gasteiger partial charge in [-0.1, -0.05) is 13.0 Å². The van der Waals surface area contributed by atoms with Crippen molar-refractivity contribution in [2.45, 2.75) is 57.9 Å². The minimum absolute atomic E-state index is 0.0926. The van der Waals surface area contributed by atoms with Crippen LogP contribution in [0.5, 0.6) is 17.2 Å². The van der Waals surface area contributed by atoms with Crippen molar-refractivity contribution in [1.82, 2.24) is 14.5 Å². The molecule has 0 radical (unpaired) electrons. The van der Waals surface area contributed by atoms with Gasteiger partial charge in [0.1, 0.15) is 29.6 Å². The Bertz CT molecular complexity index is 1200. The van der Waals surface area contributed by atoms with Gasteiger partial charge in [-0.2, -0.15) is 0 Å². The van der Waals surface area contributed by atoms with E-state index in [1.54, 1.807) is 20.1 Å². The fourth-order valence-electron chi connectivity index (χ4n) is 4.80. The monoisotopic (exact) mass is 527 g/mol. The van der Waals surface area contributed by atoms with Crippen molar-refractivity contribution in [2.24, 2.45) is 0 Å². The molecule has 38 heavy (non-hydrogen) atoms. The van der Waals surface area contributed by atoms with Gasteiger partial charge in [-0.15, -0.1) is 0 Å². The predicted molar refractivity (Wildman–Crippen MR) is 142 cm³/mol. The van der Waals surface area contributed by atoms with E-state index in [1.807, 2.05) is 30.6 Å². The van der Waals surface area contributed by atoms with Crippen LogP contribution in [0.1, 0.15) is 36.7 Å². The minimum atomic E-state index is -1.44. The highest BCUT2D eigenvalue weighted by molar-refractivity contribution is 5.43. The van der Waals surface area contributed by atoms with Crippen LogP contribution in [0.3, 0.4) is 0 Å². The van der Waals surface area contributed by atoms with E-state index in [4.69, 9.17) is 14.2 Å². The number of nitrogens with zero attached hydrogens (tertiary/aromatic N) is 3. The smallest absolute Gasteiger partial charge is 0.161 e. The number of hydrogen-bond acceptors (Lipinski definition) is 7. The van der Waals surface area contributed by atoms with Gasteiger partial charge in [-0.3, -0.25) is 4.90 Å². The van der Waals surface area contributed by atoms with Crippen molar-refractivity contribution >= 4 is 0 Å². The summed E-state index contributed by atoms with van der Waals surface area (Å²) >= 11 is 0. The Kier molecular flexibility index (Phi) is 9.25. The fraction of sp³-hybridized carbons (Fsp3) is 0.483. The molecule has 1 aliphatic heterocycles. The molecule has 1 aromatic heterocycles. The van der Waals surface area contributed by atoms with E-state index in [9.17, 15) is 14.6 Å². The zero-order valence-corrected chi connectivity index (χ0v) is 22.4. The van der Waals surface area contributed by atoms with Crippen molar-refractivity contribution in [3.63, 3.8) is 0 Å². The molecule has 0 unspecified atom stereocenters. The van der Waals surface area contributed by atoms with Crippen molar-refractivity contribution in [3.05, 3.63) is 71.6 Å². The summed E-state index contributed by atoms with van der Waals surface area (Å²) in [7, 11) is 1.62. The highest BCUT2D eigenvalue weighted by atomic mass is 19.1. The molecule has 2 heterocycles. The number of piperidine rings is 1. The number of likely N-dealkylation sites (tertiary alicyclic amines) is 1. The summed E-state index contributed by atoms with van der Waals surface area (Å²) in [4.78, 5) is 6.43. The van der Waals surface area contributed by atoms with Crippen molar-refractivity contribution in [2.75, 3.05) is 33.4 Å². The van der Waals surface area contributed by atoms with Crippen LogP contribution in [0.2, 0.25) is 0 Å². The van der Waals surface area contributed by atoms with Crippen molar-refractivity contribution in [1.29, 1.82) is 0 Å². The molecule has 1 saturated heterocycles. The van der Waals surface area contributed by atoms with E-state index in [2.05, 4.69) is 21.4 Å². The van der Waals surface area contributed by atoms with Gasteiger partial charge in [0.15, 0.2) is 11.5 Å². The Labute approximate surface area is 223 Å². The number of rotatable bonds is 12. The maximum Gasteiger partial charge on any atom is 0.161 e. The average molecular weight is 528 g/mol. The SMILES string of the molecule is CCc1nccn1CCCOc1ccc(CN2CC[C@H](O)[C@@](O)(COc3ccc(F)c(C)c3)C2)cc1OC. The van der Waals surface area contributed by atoms with Gasteiger partial charge < -0.3 is 29.0 Å². The standard InChI is InChI=1S/C29H38FN3O5/c1-4-28-31-11-14-33(28)12-5-15-37-25-9-6-22(17-26(25)36-3)18-32-13-10-27(34)29(35,19-32)20-38-23-7-8-24(30)21(2)16-23/h6-9,11,14,16-17,27,34-35H,4-5,10,12-13,15,18-20H2,1-3H3/t27-,29-/m0/s1.